The second kappa shape index (κ2) is 18.7. The molecule has 1 atom stereocenters. The molecule has 3 aromatic rings. The number of halogens is 3. The molecule has 9 heteroatoms. The fraction of sp³-hybridized carbons (Fsp3) is 0.459. The Hall–Kier alpha value is -2.61. The second-order valence-electron chi connectivity index (χ2n) is 12.5. The molecular weight excluding hydrogens is 639 g/mol. The molecule has 1 unspecified atom stereocenters. The number of benzene rings is 3. The van der Waals surface area contributed by atoms with Crippen molar-refractivity contribution in [3.05, 3.63) is 94.5 Å². The predicted molar refractivity (Wildman–Crippen MR) is 194 cm³/mol. The van der Waals surface area contributed by atoms with E-state index in [0.717, 1.165) is 54.1 Å². The van der Waals surface area contributed by atoms with Gasteiger partial charge in [-0.3, -0.25) is 9.59 Å². The monoisotopic (exact) mass is 686 g/mol. The molecule has 1 saturated heterocycles. The van der Waals surface area contributed by atoms with Crippen LogP contribution in [0.25, 0.3) is 11.1 Å². The average Bonchev–Trinajstić information content (AvgIpc) is 3.06. The van der Waals surface area contributed by atoms with Gasteiger partial charge in [0.15, 0.2) is 0 Å². The molecule has 0 bridgehead atoms. The van der Waals surface area contributed by atoms with Crippen molar-refractivity contribution in [3.8, 4) is 11.1 Å². The van der Waals surface area contributed by atoms with Crippen LogP contribution in [0.3, 0.4) is 0 Å². The van der Waals surface area contributed by atoms with E-state index in [9.17, 15) is 9.59 Å². The van der Waals surface area contributed by atoms with Crippen molar-refractivity contribution in [3.63, 3.8) is 0 Å². The molecule has 250 valence electrons. The number of amides is 2. The van der Waals surface area contributed by atoms with E-state index in [2.05, 4.69) is 22.0 Å². The molecule has 2 aliphatic rings. The molecule has 0 spiro atoms. The average molecular weight is 688 g/mol. The number of piperidine rings is 1. The fourth-order valence-corrected chi connectivity index (χ4v) is 7.30. The maximum absolute atomic E-state index is 14.3. The summed E-state index contributed by atoms with van der Waals surface area (Å²) in [5.41, 5.74) is 9.99. The number of hydrogen-bond donors (Lipinski definition) is 2. The molecule has 0 aromatic heterocycles. The SMILES string of the molecule is CC(c1cccc(-c2ccccc2)c1C(=O)NCCN)N(C(=O)Cc1ccc(Cl)cc1)C1CCN(CC2CCCCC2)CC1.Cl.Cl. The van der Waals surface area contributed by atoms with E-state index in [0.29, 0.717) is 23.7 Å². The minimum absolute atomic E-state index is 0. The number of likely N-dealkylation sites (tertiary alicyclic amines) is 1. The lowest BCUT2D eigenvalue weighted by atomic mass is 9.87. The Kier molecular flexibility index (Phi) is 15.3. The highest BCUT2D eigenvalue weighted by molar-refractivity contribution is 6.30. The molecule has 1 heterocycles. The molecule has 3 N–H and O–H groups in total. The number of rotatable bonds is 11. The van der Waals surface area contributed by atoms with Gasteiger partial charge in [-0.2, -0.15) is 0 Å². The Morgan fingerprint density at radius 3 is 2.24 bits per heavy atom. The molecule has 2 amide bonds. The van der Waals surface area contributed by atoms with Gasteiger partial charge in [-0.25, -0.2) is 0 Å². The Morgan fingerprint density at radius 2 is 1.59 bits per heavy atom. The smallest absolute Gasteiger partial charge is 0.252 e. The molecule has 6 nitrogen and oxygen atoms in total. The number of hydrogen-bond acceptors (Lipinski definition) is 4. The number of carbonyl (C=O) groups is 2. The third kappa shape index (κ3) is 9.71. The molecule has 5 rings (SSSR count). The second-order valence-corrected chi connectivity index (χ2v) is 12.9. The van der Waals surface area contributed by atoms with Gasteiger partial charge in [-0.1, -0.05) is 91.5 Å². The van der Waals surface area contributed by atoms with Crippen LogP contribution in [-0.4, -0.2) is 60.4 Å². The standard InChI is InChI=1S/C37H47ClN4O2.2ClH/c1-27(33-13-8-14-34(30-11-6-3-7-12-30)36(33)37(44)40-22-21-39)42(35(43)25-28-15-17-31(38)18-16-28)32-19-23-41(24-20-32)26-29-9-4-2-5-10-29;;/h3,6-8,11-18,27,29,32H,2,4-5,9-10,19-26,39H2,1H3,(H,40,44);2*1H. The Balaban J connectivity index is 0.00000288. The summed E-state index contributed by atoms with van der Waals surface area (Å²) in [5, 5.41) is 3.66. The molecule has 1 aliphatic heterocycles. The number of nitrogens with zero attached hydrogens (tertiary/aromatic N) is 2. The summed E-state index contributed by atoms with van der Waals surface area (Å²) in [4.78, 5) is 32.7. The molecule has 1 saturated carbocycles. The summed E-state index contributed by atoms with van der Waals surface area (Å²) in [5.74, 6) is 0.713. The van der Waals surface area contributed by atoms with Gasteiger partial charge < -0.3 is 20.9 Å². The number of nitrogens with one attached hydrogen (secondary N) is 1. The van der Waals surface area contributed by atoms with Gasteiger partial charge >= 0.3 is 0 Å². The molecular formula is C37H49Cl3N4O2. The van der Waals surface area contributed by atoms with Gasteiger partial charge in [0.2, 0.25) is 5.91 Å². The highest BCUT2D eigenvalue weighted by atomic mass is 35.5. The first-order valence-electron chi connectivity index (χ1n) is 16.4. The van der Waals surface area contributed by atoms with Crippen LogP contribution in [0.5, 0.6) is 0 Å². The zero-order valence-electron chi connectivity index (χ0n) is 26.8. The van der Waals surface area contributed by atoms with Gasteiger partial charge in [0.1, 0.15) is 0 Å². The Bertz CT molecular complexity index is 1380. The number of nitrogens with two attached hydrogens (primary N) is 1. The molecule has 46 heavy (non-hydrogen) atoms. The van der Waals surface area contributed by atoms with Crippen LogP contribution in [-0.2, 0) is 11.2 Å². The maximum atomic E-state index is 14.3. The topological polar surface area (TPSA) is 78.7 Å². The summed E-state index contributed by atoms with van der Waals surface area (Å²) in [7, 11) is 0. The van der Waals surface area contributed by atoms with E-state index in [4.69, 9.17) is 17.3 Å². The van der Waals surface area contributed by atoms with Crippen molar-refractivity contribution in [2.24, 2.45) is 11.7 Å². The summed E-state index contributed by atoms with van der Waals surface area (Å²) in [6.07, 6.45) is 8.91. The van der Waals surface area contributed by atoms with Gasteiger partial charge in [0.25, 0.3) is 5.91 Å². The van der Waals surface area contributed by atoms with Crippen molar-refractivity contribution >= 4 is 48.2 Å². The van der Waals surface area contributed by atoms with E-state index in [1.54, 1.807) is 0 Å². The zero-order valence-corrected chi connectivity index (χ0v) is 29.2. The highest BCUT2D eigenvalue weighted by Crippen LogP contribution is 2.35. The lowest BCUT2D eigenvalue weighted by Crippen LogP contribution is -2.49. The fourth-order valence-electron chi connectivity index (χ4n) is 7.17. The van der Waals surface area contributed by atoms with Crippen LogP contribution in [0, 0.1) is 5.92 Å². The summed E-state index contributed by atoms with van der Waals surface area (Å²) in [6, 6.07) is 23.3. The van der Waals surface area contributed by atoms with Crippen LogP contribution in [0.1, 0.15) is 79.4 Å². The van der Waals surface area contributed by atoms with Gasteiger partial charge in [0, 0.05) is 43.8 Å². The van der Waals surface area contributed by atoms with Gasteiger partial charge in [-0.05, 0) is 72.9 Å². The first-order chi connectivity index (χ1) is 21.4. The lowest BCUT2D eigenvalue weighted by molar-refractivity contribution is -0.136. The lowest BCUT2D eigenvalue weighted by Gasteiger charge is -2.43. The minimum atomic E-state index is -0.299. The number of carbonyl (C=O) groups excluding carboxylic acids is 2. The normalized spacial score (nSPS) is 16.5. The van der Waals surface area contributed by atoms with Crippen LogP contribution < -0.4 is 11.1 Å². The highest BCUT2D eigenvalue weighted by Gasteiger charge is 2.34. The minimum Gasteiger partial charge on any atom is -0.351 e. The summed E-state index contributed by atoms with van der Waals surface area (Å²) < 4.78 is 0. The third-order valence-corrected chi connectivity index (χ3v) is 9.71. The maximum Gasteiger partial charge on any atom is 0.252 e. The van der Waals surface area contributed by atoms with Gasteiger partial charge in [-0.15, -0.1) is 24.8 Å². The summed E-state index contributed by atoms with van der Waals surface area (Å²) in [6.45, 7) is 5.98. The molecule has 3 aromatic carbocycles. The van der Waals surface area contributed by atoms with Crippen LogP contribution in [0.15, 0.2) is 72.8 Å². The van der Waals surface area contributed by atoms with Crippen molar-refractivity contribution in [2.45, 2.75) is 70.4 Å². The Labute approximate surface area is 292 Å². The van der Waals surface area contributed by atoms with E-state index >= 15 is 0 Å². The summed E-state index contributed by atoms with van der Waals surface area (Å²) >= 11 is 6.15. The third-order valence-electron chi connectivity index (χ3n) is 9.45. The van der Waals surface area contributed by atoms with Gasteiger partial charge in [0.05, 0.1) is 18.0 Å². The Morgan fingerprint density at radius 1 is 0.913 bits per heavy atom. The van der Waals surface area contributed by atoms with E-state index < -0.39 is 0 Å². The van der Waals surface area contributed by atoms with Crippen molar-refractivity contribution in [2.75, 3.05) is 32.7 Å². The van der Waals surface area contributed by atoms with Crippen molar-refractivity contribution in [1.82, 2.24) is 15.1 Å². The van der Waals surface area contributed by atoms with Crippen LogP contribution in [0.2, 0.25) is 5.02 Å². The van der Waals surface area contributed by atoms with E-state index in [1.807, 2.05) is 72.8 Å². The van der Waals surface area contributed by atoms with E-state index in [-0.39, 0.29) is 55.1 Å². The van der Waals surface area contributed by atoms with Crippen LogP contribution in [0.4, 0.5) is 0 Å². The van der Waals surface area contributed by atoms with Crippen LogP contribution >= 0.6 is 36.4 Å². The zero-order chi connectivity index (χ0) is 30.9. The first-order valence-corrected chi connectivity index (χ1v) is 16.8. The molecule has 0 radical (unpaired) electrons. The molecule has 1 aliphatic carbocycles. The van der Waals surface area contributed by atoms with Crippen molar-refractivity contribution in [1.29, 1.82) is 0 Å². The quantitative estimate of drug-likeness (QED) is 0.217. The first kappa shape index (κ1) is 37.8. The largest absolute Gasteiger partial charge is 0.351 e. The predicted octanol–water partition coefficient (Wildman–Crippen LogP) is 7.72. The van der Waals surface area contributed by atoms with Crippen molar-refractivity contribution < 1.29 is 9.59 Å². The molecule has 2 fully saturated rings. The van der Waals surface area contributed by atoms with E-state index in [1.165, 1.54) is 38.6 Å².